The van der Waals surface area contributed by atoms with Gasteiger partial charge in [0.05, 0.1) is 6.61 Å². The zero-order valence-electron chi connectivity index (χ0n) is 13.9. The molecule has 0 aliphatic rings. The molecule has 22 heavy (non-hydrogen) atoms. The monoisotopic (exact) mass is 322 g/mol. The predicted molar refractivity (Wildman–Crippen MR) is 94.4 cm³/mol. The van der Waals surface area contributed by atoms with Gasteiger partial charge in [0.1, 0.15) is 5.75 Å². The Morgan fingerprint density at radius 2 is 1.82 bits per heavy atom. The minimum atomic E-state index is -0.223. The van der Waals surface area contributed by atoms with Gasteiger partial charge in [0.15, 0.2) is 5.11 Å². The highest BCUT2D eigenvalue weighted by molar-refractivity contribution is 7.80. The lowest BCUT2D eigenvalue weighted by atomic mass is 10.1. The molecule has 1 amide bonds. The molecule has 1 rings (SSSR count). The zero-order chi connectivity index (χ0) is 16.6. The van der Waals surface area contributed by atoms with Crippen LogP contribution in [0.2, 0.25) is 0 Å². The van der Waals surface area contributed by atoms with Gasteiger partial charge in [0.2, 0.25) is 0 Å². The number of ether oxygens (including phenoxy) is 1. The van der Waals surface area contributed by atoms with Crippen molar-refractivity contribution in [3.63, 3.8) is 0 Å². The number of thiocarbonyl (C=S) groups is 1. The fraction of sp³-hybridized carbons (Fsp3) is 0.529. The molecular formula is C17H26N2O2S. The van der Waals surface area contributed by atoms with Crippen molar-refractivity contribution in [2.24, 2.45) is 0 Å². The molecule has 0 aliphatic carbocycles. The molecule has 0 unspecified atom stereocenters. The second-order valence-corrected chi connectivity index (χ2v) is 6.65. The SMILES string of the molecule is CCCCCOc1ccc(C(=O)NC(=S)NC(C)(C)C)cc1. The normalized spacial score (nSPS) is 10.9. The summed E-state index contributed by atoms with van der Waals surface area (Å²) in [6, 6.07) is 7.09. The summed E-state index contributed by atoms with van der Waals surface area (Å²) in [5.74, 6) is 0.558. The van der Waals surface area contributed by atoms with Gasteiger partial charge in [0, 0.05) is 11.1 Å². The van der Waals surface area contributed by atoms with Gasteiger partial charge in [-0.25, -0.2) is 0 Å². The van der Waals surface area contributed by atoms with Crippen LogP contribution in [0.5, 0.6) is 5.75 Å². The van der Waals surface area contributed by atoms with E-state index in [1.165, 1.54) is 12.8 Å². The molecule has 0 radical (unpaired) electrons. The van der Waals surface area contributed by atoms with Crippen molar-refractivity contribution in [3.8, 4) is 5.75 Å². The van der Waals surface area contributed by atoms with E-state index in [1.54, 1.807) is 24.3 Å². The summed E-state index contributed by atoms with van der Waals surface area (Å²) in [6.07, 6.45) is 3.38. The Labute approximate surface area is 138 Å². The molecule has 1 aromatic carbocycles. The Balaban J connectivity index is 2.48. The Kier molecular flexibility index (Phi) is 7.32. The highest BCUT2D eigenvalue weighted by atomic mass is 32.1. The van der Waals surface area contributed by atoms with Crippen molar-refractivity contribution in [1.82, 2.24) is 10.6 Å². The minimum absolute atomic E-state index is 0.180. The fourth-order valence-corrected chi connectivity index (χ4v) is 2.19. The van der Waals surface area contributed by atoms with Gasteiger partial charge in [-0.15, -0.1) is 0 Å². The van der Waals surface area contributed by atoms with Crippen LogP contribution < -0.4 is 15.4 Å². The average Bonchev–Trinajstić information content (AvgIpc) is 2.42. The molecule has 0 saturated carbocycles. The van der Waals surface area contributed by atoms with Crippen LogP contribution >= 0.6 is 12.2 Å². The van der Waals surface area contributed by atoms with Crippen LogP contribution in [0, 0.1) is 0 Å². The molecule has 0 bridgehead atoms. The van der Waals surface area contributed by atoms with Gasteiger partial charge in [-0.2, -0.15) is 0 Å². The summed E-state index contributed by atoms with van der Waals surface area (Å²) in [7, 11) is 0. The van der Waals surface area contributed by atoms with Crippen molar-refractivity contribution < 1.29 is 9.53 Å². The second kappa shape index (κ2) is 8.73. The van der Waals surface area contributed by atoms with Gasteiger partial charge in [-0.05, 0) is 63.7 Å². The van der Waals surface area contributed by atoms with E-state index in [0.29, 0.717) is 17.3 Å². The molecule has 0 aromatic heterocycles. The Bertz CT molecular complexity index is 492. The minimum Gasteiger partial charge on any atom is -0.494 e. The molecule has 0 aliphatic heterocycles. The summed E-state index contributed by atoms with van der Waals surface area (Å²) in [5, 5.41) is 6.05. The van der Waals surface area contributed by atoms with E-state index in [9.17, 15) is 4.79 Å². The van der Waals surface area contributed by atoms with Crippen molar-refractivity contribution in [3.05, 3.63) is 29.8 Å². The molecule has 0 saturated heterocycles. The number of carbonyl (C=O) groups is 1. The average molecular weight is 322 g/mol. The van der Waals surface area contributed by atoms with E-state index < -0.39 is 0 Å². The topological polar surface area (TPSA) is 50.4 Å². The first-order valence-electron chi connectivity index (χ1n) is 7.68. The third-order valence-corrected chi connectivity index (χ3v) is 3.05. The third-order valence-electron chi connectivity index (χ3n) is 2.85. The van der Waals surface area contributed by atoms with E-state index in [0.717, 1.165) is 12.2 Å². The summed E-state index contributed by atoms with van der Waals surface area (Å²) >= 11 is 5.12. The Hall–Kier alpha value is -1.62. The third kappa shape index (κ3) is 7.41. The van der Waals surface area contributed by atoms with Crippen LogP contribution in [0.25, 0.3) is 0 Å². The highest BCUT2D eigenvalue weighted by Crippen LogP contribution is 2.13. The van der Waals surface area contributed by atoms with Crippen molar-refractivity contribution in [2.75, 3.05) is 6.61 Å². The van der Waals surface area contributed by atoms with E-state index in [4.69, 9.17) is 17.0 Å². The standard InChI is InChI=1S/C17H26N2O2S/c1-5-6-7-12-21-14-10-8-13(9-11-14)15(20)18-16(22)19-17(2,3)4/h8-11H,5-7,12H2,1-4H3,(H2,18,19,20,22). The van der Waals surface area contributed by atoms with Crippen LogP contribution in [0.1, 0.15) is 57.3 Å². The first-order valence-corrected chi connectivity index (χ1v) is 8.09. The van der Waals surface area contributed by atoms with Crippen molar-refractivity contribution in [2.45, 2.75) is 52.5 Å². The maximum Gasteiger partial charge on any atom is 0.257 e. The van der Waals surface area contributed by atoms with Crippen LogP contribution in [0.4, 0.5) is 0 Å². The van der Waals surface area contributed by atoms with E-state index >= 15 is 0 Å². The number of benzene rings is 1. The molecule has 2 N–H and O–H groups in total. The van der Waals surface area contributed by atoms with E-state index in [2.05, 4.69) is 17.6 Å². The van der Waals surface area contributed by atoms with Crippen molar-refractivity contribution >= 4 is 23.2 Å². The molecule has 1 aromatic rings. The van der Waals surface area contributed by atoms with Gasteiger partial charge in [-0.3, -0.25) is 10.1 Å². The van der Waals surface area contributed by atoms with Gasteiger partial charge in [0.25, 0.3) is 5.91 Å². The maximum absolute atomic E-state index is 12.1. The molecule has 0 atom stereocenters. The molecule has 4 nitrogen and oxygen atoms in total. The number of rotatable bonds is 6. The summed E-state index contributed by atoms with van der Waals surface area (Å²) in [5.41, 5.74) is 0.375. The Morgan fingerprint density at radius 1 is 1.18 bits per heavy atom. The lowest BCUT2D eigenvalue weighted by molar-refractivity contribution is 0.0976. The number of hydrogen-bond donors (Lipinski definition) is 2. The smallest absolute Gasteiger partial charge is 0.257 e. The quantitative estimate of drug-likeness (QED) is 0.620. The number of hydrogen-bond acceptors (Lipinski definition) is 3. The molecule has 0 spiro atoms. The maximum atomic E-state index is 12.1. The molecular weight excluding hydrogens is 296 g/mol. The fourth-order valence-electron chi connectivity index (χ4n) is 1.79. The first-order chi connectivity index (χ1) is 10.3. The van der Waals surface area contributed by atoms with Crippen molar-refractivity contribution in [1.29, 1.82) is 0 Å². The first kappa shape index (κ1) is 18.4. The lowest BCUT2D eigenvalue weighted by Crippen LogP contribution is -2.48. The molecule has 0 fully saturated rings. The summed E-state index contributed by atoms with van der Waals surface area (Å²) in [6.45, 7) is 8.81. The molecule has 122 valence electrons. The lowest BCUT2D eigenvalue weighted by Gasteiger charge is -2.22. The number of amides is 1. The number of unbranched alkanes of at least 4 members (excludes halogenated alkanes) is 2. The summed E-state index contributed by atoms with van der Waals surface area (Å²) in [4.78, 5) is 12.1. The number of nitrogens with one attached hydrogen (secondary N) is 2. The largest absolute Gasteiger partial charge is 0.494 e. The molecule has 0 heterocycles. The predicted octanol–water partition coefficient (Wildman–Crippen LogP) is 3.66. The highest BCUT2D eigenvalue weighted by Gasteiger charge is 2.13. The Morgan fingerprint density at radius 3 is 2.36 bits per heavy atom. The number of carbonyl (C=O) groups excluding carboxylic acids is 1. The summed E-state index contributed by atoms with van der Waals surface area (Å²) < 4.78 is 5.62. The van der Waals surface area contributed by atoms with Gasteiger partial charge < -0.3 is 10.1 Å². The van der Waals surface area contributed by atoms with Gasteiger partial charge >= 0.3 is 0 Å². The molecule has 5 heteroatoms. The van der Waals surface area contributed by atoms with Crippen LogP contribution in [0.3, 0.4) is 0 Å². The zero-order valence-corrected chi connectivity index (χ0v) is 14.7. The van der Waals surface area contributed by atoms with E-state index in [1.807, 2.05) is 20.8 Å². The van der Waals surface area contributed by atoms with Gasteiger partial charge in [-0.1, -0.05) is 19.8 Å². The van der Waals surface area contributed by atoms with E-state index in [-0.39, 0.29) is 11.4 Å². The van der Waals surface area contributed by atoms with Crippen LogP contribution in [-0.2, 0) is 0 Å². The van der Waals surface area contributed by atoms with Crippen LogP contribution in [0.15, 0.2) is 24.3 Å². The van der Waals surface area contributed by atoms with Crippen LogP contribution in [-0.4, -0.2) is 23.2 Å². The second-order valence-electron chi connectivity index (χ2n) is 6.24.